The number of carbonyl (C=O) groups is 1. The monoisotopic (exact) mass is 314 g/mol. The molecule has 3 aromatic rings. The van der Waals surface area contributed by atoms with Crippen molar-refractivity contribution in [3.8, 4) is 0 Å². The van der Waals surface area contributed by atoms with Crippen LogP contribution in [-0.4, -0.2) is 26.7 Å². The first-order chi connectivity index (χ1) is 11.0. The summed E-state index contributed by atoms with van der Waals surface area (Å²) in [6.45, 7) is 3.75. The molecule has 0 aliphatic carbocycles. The molecule has 0 aromatic carbocycles. The number of pyridine rings is 1. The van der Waals surface area contributed by atoms with Crippen LogP contribution >= 0.6 is 0 Å². The summed E-state index contributed by atoms with van der Waals surface area (Å²) in [5.41, 5.74) is 1.54. The van der Waals surface area contributed by atoms with E-state index >= 15 is 0 Å². The second kappa shape index (κ2) is 5.75. The first-order valence-corrected chi connectivity index (χ1v) is 7.35. The molecule has 7 nitrogen and oxygen atoms in total. The highest BCUT2D eigenvalue weighted by Gasteiger charge is 2.17. The van der Waals surface area contributed by atoms with Gasteiger partial charge in [-0.3, -0.25) is 9.59 Å². The number of aromatic amines is 1. The van der Waals surface area contributed by atoms with Gasteiger partial charge >= 0.3 is 0 Å². The molecule has 3 heterocycles. The van der Waals surface area contributed by atoms with Gasteiger partial charge in [0.05, 0.1) is 11.3 Å². The largest absolute Gasteiger partial charge is 0.361 e. The van der Waals surface area contributed by atoms with Crippen molar-refractivity contribution in [2.24, 2.45) is 7.05 Å². The number of carbonyl (C=O) groups excluding carboxylic acids is 1. The normalized spacial score (nSPS) is 12.5. The highest BCUT2D eigenvalue weighted by molar-refractivity contribution is 6.06. The van der Waals surface area contributed by atoms with Crippen LogP contribution in [0.5, 0.6) is 0 Å². The van der Waals surface area contributed by atoms with Crippen molar-refractivity contribution in [2.45, 2.75) is 26.3 Å². The van der Waals surface area contributed by atoms with Crippen molar-refractivity contribution >= 4 is 16.8 Å². The van der Waals surface area contributed by atoms with Gasteiger partial charge in [0.25, 0.3) is 11.5 Å². The SMILES string of the molecule is Cc1cc(CC(C)NC(=O)c2cn(C)c(=O)c3[nH]ccc23)on1. The van der Waals surface area contributed by atoms with Gasteiger partial charge in [-0.1, -0.05) is 5.16 Å². The minimum atomic E-state index is -0.228. The fraction of sp³-hybridized carbons (Fsp3) is 0.312. The number of nitrogens with zero attached hydrogens (tertiary/aromatic N) is 2. The lowest BCUT2D eigenvalue weighted by Gasteiger charge is -2.13. The van der Waals surface area contributed by atoms with Gasteiger partial charge in [0.2, 0.25) is 0 Å². The highest BCUT2D eigenvalue weighted by Crippen LogP contribution is 2.14. The zero-order valence-corrected chi connectivity index (χ0v) is 13.2. The third-order valence-corrected chi connectivity index (χ3v) is 3.70. The predicted molar refractivity (Wildman–Crippen MR) is 85.4 cm³/mol. The van der Waals surface area contributed by atoms with Crippen molar-refractivity contribution in [3.05, 3.63) is 51.9 Å². The van der Waals surface area contributed by atoms with Crippen LogP contribution in [0.2, 0.25) is 0 Å². The van der Waals surface area contributed by atoms with E-state index in [4.69, 9.17) is 4.52 Å². The Labute approximate surface area is 132 Å². The van der Waals surface area contributed by atoms with E-state index in [-0.39, 0.29) is 17.5 Å². The van der Waals surface area contributed by atoms with Crippen molar-refractivity contribution in [2.75, 3.05) is 0 Å². The molecule has 2 N–H and O–H groups in total. The maximum atomic E-state index is 12.5. The quantitative estimate of drug-likeness (QED) is 0.763. The Kier molecular flexibility index (Phi) is 3.77. The zero-order valence-electron chi connectivity index (χ0n) is 13.2. The van der Waals surface area contributed by atoms with Gasteiger partial charge in [0, 0.05) is 43.4 Å². The third-order valence-electron chi connectivity index (χ3n) is 3.70. The number of fused-ring (bicyclic) bond motifs is 1. The summed E-state index contributed by atoms with van der Waals surface area (Å²) in [5.74, 6) is 0.497. The molecule has 0 aliphatic rings. The molecule has 0 bridgehead atoms. The zero-order chi connectivity index (χ0) is 16.6. The van der Waals surface area contributed by atoms with Crippen molar-refractivity contribution in [3.63, 3.8) is 0 Å². The van der Waals surface area contributed by atoms with E-state index < -0.39 is 0 Å². The fourth-order valence-electron chi connectivity index (χ4n) is 2.62. The smallest absolute Gasteiger partial charge is 0.274 e. The lowest BCUT2D eigenvalue weighted by Crippen LogP contribution is -2.35. The van der Waals surface area contributed by atoms with E-state index in [0.717, 1.165) is 11.5 Å². The Morgan fingerprint density at radius 1 is 1.52 bits per heavy atom. The van der Waals surface area contributed by atoms with Crippen LogP contribution in [0.15, 0.2) is 33.8 Å². The standard InChI is InChI=1S/C16H18N4O3/c1-9(6-11-7-10(2)19-23-11)18-15(21)13-8-20(3)16(22)14-12(13)4-5-17-14/h4-5,7-9,17H,6H2,1-3H3,(H,18,21). The van der Waals surface area contributed by atoms with E-state index in [0.29, 0.717) is 22.9 Å². The minimum Gasteiger partial charge on any atom is -0.361 e. The number of H-pyrrole nitrogens is 1. The molecule has 1 unspecified atom stereocenters. The molecular weight excluding hydrogens is 296 g/mol. The van der Waals surface area contributed by atoms with Crippen LogP contribution in [0.3, 0.4) is 0 Å². The maximum Gasteiger partial charge on any atom is 0.274 e. The van der Waals surface area contributed by atoms with Crippen LogP contribution < -0.4 is 10.9 Å². The molecule has 0 fully saturated rings. The summed E-state index contributed by atoms with van der Waals surface area (Å²) in [6.07, 6.45) is 3.76. The number of amides is 1. The minimum absolute atomic E-state index is 0.124. The summed E-state index contributed by atoms with van der Waals surface area (Å²) in [4.78, 5) is 27.4. The maximum absolute atomic E-state index is 12.5. The first-order valence-electron chi connectivity index (χ1n) is 7.35. The number of rotatable bonds is 4. The predicted octanol–water partition coefficient (Wildman–Crippen LogP) is 1.52. The van der Waals surface area contributed by atoms with Gasteiger partial charge in [-0.05, 0) is 19.9 Å². The van der Waals surface area contributed by atoms with Gasteiger partial charge in [0.1, 0.15) is 11.3 Å². The Hall–Kier alpha value is -2.83. The Bertz CT molecular complexity index is 919. The van der Waals surface area contributed by atoms with Crippen LogP contribution in [0.1, 0.15) is 28.7 Å². The topological polar surface area (TPSA) is 92.9 Å². The average Bonchev–Trinajstić information content (AvgIpc) is 3.12. The first kappa shape index (κ1) is 15.1. The van der Waals surface area contributed by atoms with E-state index in [1.165, 1.54) is 4.57 Å². The number of hydrogen-bond acceptors (Lipinski definition) is 4. The number of aryl methyl sites for hydroxylation is 2. The molecule has 0 radical (unpaired) electrons. The van der Waals surface area contributed by atoms with Crippen LogP contribution in [-0.2, 0) is 13.5 Å². The van der Waals surface area contributed by atoms with Gasteiger partial charge in [0.15, 0.2) is 0 Å². The summed E-state index contributed by atoms with van der Waals surface area (Å²) in [6, 6.07) is 3.45. The van der Waals surface area contributed by atoms with Gasteiger partial charge < -0.3 is 19.4 Å². The number of hydrogen-bond donors (Lipinski definition) is 2. The highest BCUT2D eigenvalue weighted by atomic mass is 16.5. The summed E-state index contributed by atoms with van der Waals surface area (Å²) >= 11 is 0. The molecule has 1 amide bonds. The van der Waals surface area contributed by atoms with Crippen LogP contribution in [0, 0.1) is 6.92 Å². The molecule has 0 spiro atoms. The molecule has 23 heavy (non-hydrogen) atoms. The molecule has 0 saturated heterocycles. The second-order valence-electron chi connectivity index (χ2n) is 5.74. The Morgan fingerprint density at radius 2 is 2.30 bits per heavy atom. The van der Waals surface area contributed by atoms with E-state index in [2.05, 4.69) is 15.5 Å². The van der Waals surface area contributed by atoms with Crippen LogP contribution in [0.25, 0.3) is 10.9 Å². The Morgan fingerprint density at radius 3 is 3.00 bits per heavy atom. The lowest BCUT2D eigenvalue weighted by molar-refractivity contribution is 0.0940. The van der Waals surface area contributed by atoms with E-state index in [1.54, 1.807) is 25.5 Å². The van der Waals surface area contributed by atoms with Gasteiger partial charge in [-0.25, -0.2) is 0 Å². The van der Waals surface area contributed by atoms with Gasteiger partial charge in [-0.2, -0.15) is 0 Å². The Balaban J connectivity index is 1.82. The van der Waals surface area contributed by atoms with Crippen molar-refractivity contribution < 1.29 is 9.32 Å². The number of nitrogens with one attached hydrogen (secondary N) is 2. The molecule has 3 rings (SSSR count). The molecule has 0 saturated carbocycles. The second-order valence-corrected chi connectivity index (χ2v) is 5.74. The van der Waals surface area contributed by atoms with Crippen molar-refractivity contribution in [1.82, 2.24) is 20.0 Å². The van der Waals surface area contributed by atoms with Gasteiger partial charge in [-0.15, -0.1) is 0 Å². The van der Waals surface area contributed by atoms with Crippen molar-refractivity contribution in [1.29, 1.82) is 0 Å². The molecule has 0 aliphatic heterocycles. The fourth-order valence-corrected chi connectivity index (χ4v) is 2.62. The third kappa shape index (κ3) is 2.90. The molecule has 120 valence electrons. The molecule has 7 heteroatoms. The number of aromatic nitrogens is 3. The summed E-state index contributed by atoms with van der Waals surface area (Å²) in [5, 5.41) is 7.38. The average molecular weight is 314 g/mol. The lowest BCUT2D eigenvalue weighted by atomic mass is 10.1. The summed E-state index contributed by atoms with van der Waals surface area (Å²) in [7, 11) is 1.63. The summed E-state index contributed by atoms with van der Waals surface area (Å²) < 4.78 is 6.56. The molecule has 1 atom stereocenters. The van der Waals surface area contributed by atoms with Crippen LogP contribution in [0.4, 0.5) is 0 Å². The van der Waals surface area contributed by atoms with E-state index in [1.807, 2.05) is 19.9 Å². The molecule has 3 aromatic heterocycles. The molecular formula is C16H18N4O3. The van der Waals surface area contributed by atoms with E-state index in [9.17, 15) is 9.59 Å².